The lowest BCUT2D eigenvalue weighted by atomic mass is 10.4. The van der Waals surface area contributed by atoms with Crippen molar-refractivity contribution in [3.63, 3.8) is 0 Å². The topological polar surface area (TPSA) is 29.5 Å². The first-order valence-electron chi connectivity index (χ1n) is 5.08. The summed E-state index contributed by atoms with van der Waals surface area (Å²) in [5.41, 5.74) is 0. The van der Waals surface area contributed by atoms with Gasteiger partial charge in [0.2, 0.25) is 0 Å². The van der Waals surface area contributed by atoms with Gasteiger partial charge in [-0.15, -0.1) is 0 Å². The third-order valence-corrected chi connectivity index (χ3v) is 3.29. The largest absolute Gasteiger partial charge is 0.390 e. The second-order valence-corrected chi connectivity index (χ2v) is 4.75. The van der Waals surface area contributed by atoms with Crippen LogP contribution in [-0.4, -0.2) is 35.4 Å². The monoisotopic (exact) mass is 206 g/mol. The summed E-state index contributed by atoms with van der Waals surface area (Å²) in [6, 6.07) is 0. The Labute approximate surface area is 86.1 Å². The number of aliphatic hydroxyl groups excluding tert-OH is 1. The summed E-state index contributed by atoms with van der Waals surface area (Å²) in [5, 5.41) is 10.1. The molecule has 2 unspecified atom stereocenters. The van der Waals surface area contributed by atoms with Crippen LogP contribution < -0.4 is 0 Å². The quantitative estimate of drug-likeness (QED) is 0.618. The molecule has 2 atom stereocenters. The molecule has 0 saturated heterocycles. The lowest BCUT2D eigenvalue weighted by molar-refractivity contribution is 0.0489. The van der Waals surface area contributed by atoms with E-state index in [9.17, 15) is 5.11 Å². The van der Waals surface area contributed by atoms with Crippen molar-refractivity contribution in [2.45, 2.75) is 45.0 Å². The van der Waals surface area contributed by atoms with Crippen LogP contribution in [0.4, 0.5) is 0 Å². The summed E-state index contributed by atoms with van der Waals surface area (Å²) in [4.78, 5) is 0. The average Bonchev–Trinajstić information content (AvgIpc) is 2.14. The van der Waals surface area contributed by atoms with Crippen LogP contribution in [0.2, 0.25) is 0 Å². The lowest BCUT2D eigenvalue weighted by Gasteiger charge is -2.13. The highest BCUT2D eigenvalue weighted by molar-refractivity contribution is 7.99. The van der Waals surface area contributed by atoms with Crippen molar-refractivity contribution >= 4 is 11.8 Å². The summed E-state index contributed by atoms with van der Waals surface area (Å²) >= 11 is 1.81. The SMILES string of the molecule is CCCOCC(O)CSC(C)CC. The molecule has 3 heteroatoms. The minimum absolute atomic E-state index is 0.300. The molecule has 0 aliphatic rings. The molecule has 0 aliphatic carbocycles. The van der Waals surface area contributed by atoms with E-state index >= 15 is 0 Å². The standard InChI is InChI=1S/C10H22O2S/c1-4-6-12-7-10(11)8-13-9(3)5-2/h9-11H,4-8H2,1-3H3. The first-order valence-corrected chi connectivity index (χ1v) is 6.12. The van der Waals surface area contributed by atoms with Gasteiger partial charge >= 0.3 is 0 Å². The molecule has 0 aliphatic heterocycles. The maximum absolute atomic E-state index is 9.47. The third-order valence-electron chi connectivity index (χ3n) is 1.81. The second-order valence-electron chi connectivity index (χ2n) is 3.28. The Morgan fingerprint density at radius 2 is 2.08 bits per heavy atom. The number of rotatable bonds is 8. The molecule has 0 heterocycles. The molecule has 0 radical (unpaired) electrons. The van der Waals surface area contributed by atoms with E-state index in [2.05, 4.69) is 20.8 Å². The summed E-state index contributed by atoms with van der Waals surface area (Å²) in [6.07, 6.45) is 1.88. The van der Waals surface area contributed by atoms with Crippen LogP contribution in [0, 0.1) is 0 Å². The van der Waals surface area contributed by atoms with E-state index in [4.69, 9.17) is 4.74 Å². The lowest BCUT2D eigenvalue weighted by Crippen LogP contribution is -2.19. The Balaban J connectivity index is 3.24. The molecule has 13 heavy (non-hydrogen) atoms. The van der Waals surface area contributed by atoms with Crippen molar-refractivity contribution in [1.29, 1.82) is 0 Å². The van der Waals surface area contributed by atoms with Gasteiger partial charge in [-0.25, -0.2) is 0 Å². The van der Waals surface area contributed by atoms with Crippen LogP contribution in [-0.2, 0) is 4.74 Å². The predicted molar refractivity (Wildman–Crippen MR) is 59.3 cm³/mol. The zero-order chi connectivity index (χ0) is 10.1. The number of hydrogen-bond donors (Lipinski definition) is 1. The van der Waals surface area contributed by atoms with Gasteiger partial charge in [0.1, 0.15) is 0 Å². The molecule has 0 fully saturated rings. The normalized spacial score (nSPS) is 15.7. The molecule has 0 rings (SSSR count). The van der Waals surface area contributed by atoms with Gasteiger partial charge in [0.15, 0.2) is 0 Å². The number of thioether (sulfide) groups is 1. The van der Waals surface area contributed by atoms with Gasteiger partial charge < -0.3 is 9.84 Å². The molecular formula is C10H22O2S. The Hall–Kier alpha value is 0.270. The van der Waals surface area contributed by atoms with E-state index in [-0.39, 0.29) is 6.10 Å². The fraction of sp³-hybridized carbons (Fsp3) is 1.00. The Kier molecular flexibility index (Phi) is 9.03. The van der Waals surface area contributed by atoms with Gasteiger partial charge in [-0.3, -0.25) is 0 Å². The fourth-order valence-corrected chi connectivity index (χ4v) is 1.69. The van der Waals surface area contributed by atoms with Gasteiger partial charge in [-0.05, 0) is 12.8 Å². The van der Waals surface area contributed by atoms with Gasteiger partial charge in [0.05, 0.1) is 12.7 Å². The molecule has 0 spiro atoms. The van der Waals surface area contributed by atoms with Gasteiger partial charge in [-0.2, -0.15) is 11.8 Å². The van der Waals surface area contributed by atoms with Gasteiger partial charge in [-0.1, -0.05) is 20.8 Å². The Morgan fingerprint density at radius 3 is 2.62 bits per heavy atom. The molecule has 2 nitrogen and oxygen atoms in total. The highest BCUT2D eigenvalue weighted by atomic mass is 32.2. The number of ether oxygens (including phenoxy) is 1. The maximum atomic E-state index is 9.47. The van der Waals surface area contributed by atoms with Crippen LogP contribution in [0.3, 0.4) is 0 Å². The van der Waals surface area contributed by atoms with Crippen LogP contribution >= 0.6 is 11.8 Å². The molecule has 0 aromatic carbocycles. The molecule has 1 N–H and O–H groups in total. The number of aliphatic hydroxyl groups is 1. The molecule has 80 valence electrons. The van der Waals surface area contributed by atoms with E-state index in [0.29, 0.717) is 11.9 Å². The van der Waals surface area contributed by atoms with Crippen molar-refractivity contribution in [1.82, 2.24) is 0 Å². The Morgan fingerprint density at radius 1 is 1.38 bits per heavy atom. The van der Waals surface area contributed by atoms with E-state index in [1.165, 1.54) is 0 Å². The van der Waals surface area contributed by atoms with Crippen molar-refractivity contribution in [2.24, 2.45) is 0 Å². The van der Waals surface area contributed by atoms with Crippen LogP contribution in [0.25, 0.3) is 0 Å². The molecule has 0 bridgehead atoms. The molecule has 0 saturated carbocycles. The van der Waals surface area contributed by atoms with Crippen LogP contribution in [0.5, 0.6) is 0 Å². The zero-order valence-electron chi connectivity index (χ0n) is 8.95. The minimum Gasteiger partial charge on any atom is -0.390 e. The first kappa shape index (κ1) is 13.3. The summed E-state index contributed by atoms with van der Waals surface area (Å²) in [7, 11) is 0. The van der Waals surface area contributed by atoms with E-state index < -0.39 is 0 Å². The molecule has 0 aromatic rings. The second kappa shape index (κ2) is 8.85. The van der Waals surface area contributed by atoms with E-state index in [0.717, 1.165) is 25.2 Å². The average molecular weight is 206 g/mol. The van der Waals surface area contributed by atoms with Crippen molar-refractivity contribution in [3.8, 4) is 0 Å². The van der Waals surface area contributed by atoms with Crippen LogP contribution in [0.1, 0.15) is 33.6 Å². The van der Waals surface area contributed by atoms with E-state index in [1.807, 2.05) is 11.8 Å². The van der Waals surface area contributed by atoms with Gasteiger partial charge in [0.25, 0.3) is 0 Å². The first-order chi connectivity index (χ1) is 6.20. The summed E-state index contributed by atoms with van der Waals surface area (Å²) < 4.78 is 5.25. The highest BCUT2D eigenvalue weighted by Gasteiger charge is 2.06. The zero-order valence-corrected chi connectivity index (χ0v) is 9.77. The van der Waals surface area contributed by atoms with Crippen LogP contribution in [0.15, 0.2) is 0 Å². The van der Waals surface area contributed by atoms with E-state index in [1.54, 1.807) is 0 Å². The Bertz CT molecular complexity index is 109. The van der Waals surface area contributed by atoms with Crippen molar-refractivity contribution in [2.75, 3.05) is 19.0 Å². The molecular weight excluding hydrogens is 184 g/mol. The molecule has 0 amide bonds. The number of hydrogen-bond acceptors (Lipinski definition) is 3. The summed E-state index contributed by atoms with van der Waals surface area (Å²) in [6.45, 7) is 7.66. The van der Waals surface area contributed by atoms with Crippen molar-refractivity contribution < 1.29 is 9.84 Å². The minimum atomic E-state index is -0.300. The summed E-state index contributed by atoms with van der Waals surface area (Å²) in [5.74, 6) is 0.790. The third kappa shape index (κ3) is 8.60. The maximum Gasteiger partial charge on any atom is 0.0863 e. The fourth-order valence-electron chi connectivity index (χ4n) is 0.805. The van der Waals surface area contributed by atoms with Crippen molar-refractivity contribution in [3.05, 3.63) is 0 Å². The van der Waals surface area contributed by atoms with Gasteiger partial charge in [0, 0.05) is 17.6 Å². The molecule has 0 aromatic heterocycles. The predicted octanol–water partition coefficient (Wildman–Crippen LogP) is 2.31. The highest BCUT2D eigenvalue weighted by Crippen LogP contribution is 2.14. The smallest absolute Gasteiger partial charge is 0.0863 e.